The molecule has 3 unspecified atom stereocenters. The summed E-state index contributed by atoms with van der Waals surface area (Å²) in [5.74, 6) is -0.146. The third-order valence-electron chi connectivity index (χ3n) is 4.43. The molecule has 1 fully saturated rings. The van der Waals surface area contributed by atoms with Crippen LogP contribution in [0.3, 0.4) is 0 Å². The molecule has 4 heteroatoms. The zero-order chi connectivity index (χ0) is 16.4. The fourth-order valence-electron chi connectivity index (χ4n) is 2.85. The second-order valence-electron chi connectivity index (χ2n) is 6.36. The molecule has 1 saturated carbocycles. The molecule has 1 aliphatic carbocycles. The van der Waals surface area contributed by atoms with Crippen molar-refractivity contribution in [2.75, 3.05) is 6.54 Å². The van der Waals surface area contributed by atoms with Crippen LogP contribution < -0.4 is 5.32 Å². The van der Waals surface area contributed by atoms with Gasteiger partial charge in [-0.3, -0.25) is 4.79 Å². The summed E-state index contributed by atoms with van der Waals surface area (Å²) in [6.07, 6.45) is 0.842. The van der Waals surface area contributed by atoms with Gasteiger partial charge in [0.15, 0.2) is 0 Å². The van der Waals surface area contributed by atoms with Crippen LogP contribution in [0.2, 0.25) is 0 Å². The number of carbonyl (C=O) groups is 1. The maximum absolute atomic E-state index is 13.0. The van der Waals surface area contributed by atoms with E-state index in [1.54, 1.807) is 6.92 Å². The SMILES string of the molecule is CC(O)(CNC(=O)C1CC1c1ccccc1)c1ccc(F)cc1. The molecule has 0 aromatic heterocycles. The van der Waals surface area contributed by atoms with Crippen LogP contribution in [-0.2, 0) is 10.4 Å². The molecule has 3 atom stereocenters. The van der Waals surface area contributed by atoms with Crippen molar-refractivity contribution in [1.82, 2.24) is 5.32 Å². The Balaban J connectivity index is 1.56. The number of carbonyl (C=O) groups excluding carboxylic acids is 1. The van der Waals surface area contributed by atoms with Gasteiger partial charge in [0, 0.05) is 5.92 Å². The zero-order valence-corrected chi connectivity index (χ0v) is 13.0. The summed E-state index contributed by atoms with van der Waals surface area (Å²) >= 11 is 0. The van der Waals surface area contributed by atoms with Crippen molar-refractivity contribution in [1.29, 1.82) is 0 Å². The summed E-state index contributed by atoms with van der Waals surface area (Å²) in [7, 11) is 0. The first kappa shape index (κ1) is 15.7. The quantitative estimate of drug-likeness (QED) is 0.891. The van der Waals surface area contributed by atoms with Gasteiger partial charge in [-0.1, -0.05) is 42.5 Å². The van der Waals surface area contributed by atoms with Crippen molar-refractivity contribution in [3.05, 3.63) is 71.5 Å². The van der Waals surface area contributed by atoms with E-state index in [0.29, 0.717) is 5.56 Å². The van der Waals surface area contributed by atoms with Gasteiger partial charge in [-0.25, -0.2) is 4.39 Å². The molecule has 0 spiro atoms. The van der Waals surface area contributed by atoms with Crippen LogP contribution in [0, 0.1) is 11.7 Å². The minimum Gasteiger partial charge on any atom is -0.384 e. The van der Waals surface area contributed by atoms with Gasteiger partial charge in [0.1, 0.15) is 11.4 Å². The zero-order valence-electron chi connectivity index (χ0n) is 13.0. The van der Waals surface area contributed by atoms with E-state index in [1.165, 1.54) is 29.8 Å². The van der Waals surface area contributed by atoms with Gasteiger partial charge < -0.3 is 10.4 Å². The topological polar surface area (TPSA) is 49.3 Å². The van der Waals surface area contributed by atoms with E-state index in [9.17, 15) is 14.3 Å². The lowest BCUT2D eigenvalue weighted by Crippen LogP contribution is -2.39. The van der Waals surface area contributed by atoms with Gasteiger partial charge >= 0.3 is 0 Å². The average molecular weight is 313 g/mol. The normalized spacial score (nSPS) is 22.2. The second kappa shape index (κ2) is 6.13. The van der Waals surface area contributed by atoms with E-state index in [-0.39, 0.29) is 30.1 Å². The fourth-order valence-corrected chi connectivity index (χ4v) is 2.85. The summed E-state index contributed by atoms with van der Waals surface area (Å²) < 4.78 is 13.0. The first-order valence-corrected chi connectivity index (χ1v) is 7.78. The van der Waals surface area contributed by atoms with Crippen LogP contribution in [-0.4, -0.2) is 17.6 Å². The molecule has 0 aliphatic heterocycles. The number of hydrogen-bond donors (Lipinski definition) is 2. The van der Waals surface area contributed by atoms with E-state index >= 15 is 0 Å². The monoisotopic (exact) mass is 313 g/mol. The van der Waals surface area contributed by atoms with Gasteiger partial charge in [0.05, 0.1) is 6.54 Å². The van der Waals surface area contributed by atoms with E-state index in [1.807, 2.05) is 30.3 Å². The van der Waals surface area contributed by atoms with Crippen molar-refractivity contribution >= 4 is 5.91 Å². The number of amides is 1. The molecule has 0 heterocycles. The molecular formula is C19H20FNO2. The Morgan fingerprint density at radius 1 is 1.22 bits per heavy atom. The van der Waals surface area contributed by atoms with Gasteiger partial charge in [-0.2, -0.15) is 0 Å². The Kier molecular flexibility index (Phi) is 4.18. The number of nitrogens with one attached hydrogen (secondary N) is 1. The molecular weight excluding hydrogens is 293 g/mol. The summed E-state index contributed by atoms with van der Waals surface area (Å²) in [5.41, 5.74) is 0.535. The van der Waals surface area contributed by atoms with Gasteiger partial charge in [-0.05, 0) is 42.5 Å². The van der Waals surface area contributed by atoms with E-state index in [2.05, 4.69) is 5.32 Å². The maximum Gasteiger partial charge on any atom is 0.223 e. The molecule has 1 amide bonds. The summed E-state index contributed by atoms with van der Waals surface area (Å²) in [4.78, 5) is 12.2. The van der Waals surface area contributed by atoms with Crippen LogP contribution in [0.1, 0.15) is 30.4 Å². The molecule has 0 saturated heterocycles. The van der Waals surface area contributed by atoms with Crippen molar-refractivity contribution in [3.8, 4) is 0 Å². The Bertz CT molecular complexity index is 682. The molecule has 3 rings (SSSR count). The molecule has 23 heavy (non-hydrogen) atoms. The molecule has 2 aromatic rings. The smallest absolute Gasteiger partial charge is 0.223 e. The van der Waals surface area contributed by atoms with E-state index in [4.69, 9.17) is 0 Å². The first-order chi connectivity index (χ1) is 11.0. The first-order valence-electron chi connectivity index (χ1n) is 7.78. The minimum atomic E-state index is -1.22. The number of rotatable bonds is 5. The molecule has 120 valence electrons. The van der Waals surface area contributed by atoms with E-state index < -0.39 is 5.60 Å². The van der Waals surface area contributed by atoms with Crippen molar-refractivity contribution in [2.24, 2.45) is 5.92 Å². The summed E-state index contributed by atoms with van der Waals surface area (Å²) in [6.45, 7) is 1.72. The van der Waals surface area contributed by atoms with Crippen LogP contribution >= 0.6 is 0 Å². The Labute approximate surface area is 135 Å². The number of aliphatic hydroxyl groups is 1. The van der Waals surface area contributed by atoms with E-state index in [0.717, 1.165) is 6.42 Å². The van der Waals surface area contributed by atoms with Crippen molar-refractivity contribution < 1.29 is 14.3 Å². The Hall–Kier alpha value is -2.20. The van der Waals surface area contributed by atoms with Crippen molar-refractivity contribution in [3.63, 3.8) is 0 Å². The molecule has 0 bridgehead atoms. The van der Waals surface area contributed by atoms with Gasteiger partial charge in [0.25, 0.3) is 0 Å². The average Bonchev–Trinajstić information content (AvgIpc) is 3.35. The van der Waals surface area contributed by atoms with Crippen LogP contribution in [0.5, 0.6) is 0 Å². The summed E-state index contributed by atoms with van der Waals surface area (Å²) in [5, 5.41) is 13.3. The number of halogens is 1. The van der Waals surface area contributed by atoms with Crippen LogP contribution in [0.25, 0.3) is 0 Å². The highest BCUT2D eigenvalue weighted by molar-refractivity contribution is 5.83. The number of hydrogen-bond acceptors (Lipinski definition) is 2. The standard InChI is InChI=1S/C19H20FNO2/c1-19(23,14-7-9-15(20)10-8-14)12-21-18(22)17-11-16(17)13-5-3-2-4-6-13/h2-10,16-17,23H,11-12H2,1H3,(H,21,22). The van der Waals surface area contributed by atoms with Crippen LogP contribution in [0.15, 0.2) is 54.6 Å². The van der Waals surface area contributed by atoms with Crippen molar-refractivity contribution in [2.45, 2.75) is 24.9 Å². The highest BCUT2D eigenvalue weighted by Crippen LogP contribution is 2.47. The van der Waals surface area contributed by atoms with Gasteiger partial charge in [0.2, 0.25) is 5.91 Å². The second-order valence-corrected chi connectivity index (χ2v) is 6.36. The molecule has 0 radical (unpaired) electrons. The molecule has 2 aromatic carbocycles. The summed E-state index contributed by atoms with van der Waals surface area (Å²) in [6, 6.07) is 15.6. The Morgan fingerprint density at radius 2 is 1.87 bits per heavy atom. The highest BCUT2D eigenvalue weighted by atomic mass is 19.1. The third-order valence-corrected chi connectivity index (χ3v) is 4.43. The predicted octanol–water partition coefficient (Wildman–Crippen LogP) is 2.95. The van der Waals surface area contributed by atoms with Crippen LogP contribution in [0.4, 0.5) is 4.39 Å². The largest absolute Gasteiger partial charge is 0.384 e. The lowest BCUT2D eigenvalue weighted by atomic mass is 9.96. The lowest BCUT2D eigenvalue weighted by Gasteiger charge is -2.24. The van der Waals surface area contributed by atoms with Gasteiger partial charge in [-0.15, -0.1) is 0 Å². The minimum absolute atomic E-state index is 0.0265. The molecule has 3 nitrogen and oxygen atoms in total. The maximum atomic E-state index is 13.0. The molecule has 1 aliphatic rings. The predicted molar refractivity (Wildman–Crippen MR) is 86.3 cm³/mol. The fraction of sp³-hybridized carbons (Fsp3) is 0.316. The Morgan fingerprint density at radius 3 is 2.52 bits per heavy atom. The number of benzene rings is 2. The third kappa shape index (κ3) is 3.59. The lowest BCUT2D eigenvalue weighted by molar-refractivity contribution is -0.123. The molecule has 2 N–H and O–H groups in total. The highest BCUT2D eigenvalue weighted by Gasteiger charge is 2.44.